The van der Waals surface area contributed by atoms with Crippen molar-refractivity contribution < 1.29 is 0 Å². The first-order valence-electron chi connectivity index (χ1n) is 5.26. The fourth-order valence-corrected chi connectivity index (χ4v) is 2.34. The second kappa shape index (κ2) is 3.69. The quantitative estimate of drug-likeness (QED) is 0.761. The van der Waals surface area contributed by atoms with Crippen molar-refractivity contribution in [3.8, 4) is 0 Å². The second-order valence-corrected chi connectivity index (χ2v) is 4.68. The van der Waals surface area contributed by atoms with Crippen molar-refractivity contribution in [2.75, 3.05) is 0 Å². The predicted molar refractivity (Wildman–Crippen MR) is 68.0 cm³/mol. The van der Waals surface area contributed by atoms with Crippen molar-refractivity contribution in [2.45, 2.75) is 19.9 Å². The van der Waals surface area contributed by atoms with Gasteiger partial charge in [0.25, 0.3) is 5.56 Å². The molecule has 17 heavy (non-hydrogen) atoms. The smallest absolute Gasteiger partial charge is 0.316 e. The van der Waals surface area contributed by atoms with Crippen molar-refractivity contribution in [3.63, 3.8) is 0 Å². The molecule has 0 aliphatic carbocycles. The Labute approximate surface area is 102 Å². The molecular weight excluding hydrogens is 240 g/mol. The Hall–Kier alpha value is -1.63. The lowest BCUT2D eigenvalue weighted by atomic mass is 10.4. The van der Waals surface area contributed by atoms with Gasteiger partial charge in [0.05, 0.1) is 0 Å². The van der Waals surface area contributed by atoms with E-state index in [1.807, 2.05) is 13.8 Å². The summed E-state index contributed by atoms with van der Waals surface area (Å²) < 4.78 is 4.66. The summed E-state index contributed by atoms with van der Waals surface area (Å²) in [4.78, 5) is 26.8. The van der Waals surface area contributed by atoms with Gasteiger partial charge in [0.1, 0.15) is 5.65 Å². The summed E-state index contributed by atoms with van der Waals surface area (Å²) in [7, 11) is 3.07. The maximum atomic E-state index is 12.1. The Bertz CT molecular complexity index is 759. The molecule has 2 aromatic heterocycles. The molecule has 0 atom stereocenters. The largest absolute Gasteiger partial charge is 0.332 e. The lowest BCUT2D eigenvalue weighted by Gasteiger charge is -2.09. The highest BCUT2D eigenvalue weighted by Crippen LogP contribution is 2.13. The van der Waals surface area contributed by atoms with Crippen molar-refractivity contribution >= 4 is 23.4 Å². The molecule has 7 heteroatoms. The molecule has 0 amide bonds. The predicted octanol–water partition coefficient (Wildman–Crippen LogP) is 0.677. The molecule has 0 aliphatic heterocycles. The third-order valence-electron chi connectivity index (χ3n) is 2.84. The summed E-state index contributed by atoms with van der Waals surface area (Å²) in [5.74, 6) is 0. The summed E-state index contributed by atoms with van der Waals surface area (Å²) in [6.07, 6.45) is 0. The van der Waals surface area contributed by atoms with E-state index >= 15 is 0 Å². The molecule has 0 bridgehead atoms. The Morgan fingerprint density at radius 1 is 1.18 bits per heavy atom. The molecule has 1 N–H and O–H groups in total. The number of fused-ring (bicyclic) bond motifs is 1. The van der Waals surface area contributed by atoms with E-state index in [2.05, 4.69) is 4.98 Å². The van der Waals surface area contributed by atoms with Gasteiger partial charge in [-0.3, -0.25) is 13.9 Å². The number of aromatic nitrogens is 4. The van der Waals surface area contributed by atoms with Crippen LogP contribution in [0, 0.1) is 4.77 Å². The normalized spacial score (nSPS) is 11.6. The molecule has 0 saturated heterocycles. The maximum absolute atomic E-state index is 12.1. The van der Waals surface area contributed by atoms with Crippen LogP contribution in [0.15, 0.2) is 9.59 Å². The van der Waals surface area contributed by atoms with E-state index in [9.17, 15) is 9.59 Å². The first kappa shape index (κ1) is 11.8. The van der Waals surface area contributed by atoms with Gasteiger partial charge in [-0.15, -0.1) is 0 Å². The number of H-pyrrole nitrogens is 1. The van der Waals surface area contributed by atoms with Crippen LogP contribution in [-0.2, 0) is 14.1 Å². The number of hydrogen-bond donors (Lipinski definition) is 1. The molecule has 0 fully saturated rings. The summed E-state index contributed by atoms with van der Waals surface area (Å²) in [5.41, 5.74) is 0.213. The number of nitrogens with zero attached hydrogens (tertiary/aromatic N) is 3. The van der Waals surface area contributed by atoms with Crippen LogP contribution in [-0.4, -0.2) is 18.7 Å². The average molecular weight is 254 g/mol. The zero-order chi connectivity index (χ0) is 12.9. The second-order valence-electron chi connectivity index (χ2n) is 4.30. The SMILES string of the molecule is CC(C)n1c(=S)[nH]c2c1c(=O)n(C)c(=O)n2C. The number of aryl methyl sites for hydroxylation is 1. The van der Waals surface area contributed by atoms with Gasteiger partial charge in [0, 0.05) is 20.1 Å². The third-order valence-corrected chi connectivity index (χ3v) is 3.14. The van der Waals surface area contributed by atoms with E-state index in [0.717, 1.165) is 4.57 Å². The molecule has 0 spiro atoms. The third kappa shape index (κ3) is 1.49. The van der Waals surface area contributed by atoms with E-state index in [-0.39, 0.29) is 17.3 Å². The van der Waals surface area contributed by atoms with E-state index in [0.29, 0.717) is 15.9 Å². The van der Waals surface area contributed by atoms with Crippen LogP contribution in [0.2, 0.25) is 0 Å². The Kier molecular flexibility index (Phi) is 2.57. The fraction of sp³-hybridized carbons (Fsp3) is 0.500. The molecule has 6 nitrogen and oxygen atoms in total. The van der Waals surface area contributed by atoms with Gasteiger partial charge in [0.2, 0.25) is 0 Å². The van der Waals surface area contributed by atoms with Crippen molar-refractivity contribution in [1.29, 1.82) is 0 Å². The van der Waals surface area contributed by atoms with E-state index in [4.69, 9.17) is 12.2 Å². The summed E-state index contributed by atoms with van der Waals surface area (Å²) in [6, 6.07) is 0.0569. The Morgan fingerprint density at radius 2 is 1.76 bits per heavy atom. The van der Waals surface area contributed by atoms with Crippen LogP contribution < -0.4 is 11.2 Å². The maximum Gasteiger partial charge on any atom is 0.332 e. The number of imidazole rings is 1. The Balaban J connectivity index is 3.20. The Morgan fingerprint density at radius 3 is 2.29 bits per heavy atom. The molecule has 0 saturated carbocycles. The highest BCUT2D eigenvalue weighted by Gasteiger charge is 2.16. The highest BCUT2D eigenvalue weighted by molar-refractivity contribution is 7.71. The van der Waals surface area contributed by atoms with Gasteiger partial charge >= 0.3 is 5.69 Å². The van der Waals surface area contributed by atoms with Crippen molar-refractivity contribution in [1.82, 2.24) is 18.7 Å². The van der Waals surface area contributed by atoms with Gasteiger partial charge in [-0.1, -0.05) is 0 Å². The lowest BCUT2D eigenvalue weighted by Crippen LogP contribution is -2.37. The van der Waals surface area contributed by atoms with Gasteiger partial charge < -0.3 is 9.55 Å². The summed E-state index contributed by atoms with van der Waals surface area (Å²) in [6.45, 7) is 3.88. The minimum Gasteiger partial charge on any atom is -0.316 e. The number of rotatable bonds is 1. The number of nitrogens with one attached hydrogen (secondary N) is 1. The van der Waals surface area contributed by atoms with E-state index in [1.165, 1.54) is 11.6 Å². The molecule has 0 aromatic carbocycles. The van der Waals surface area contributed by atoms with Crippen LogP contribution in [0.3, 0.4) is 0 Å². The molecule has 0 unspecified atom stereocenters. The molecule has 2 aromatic rings. The van der Waals surface area contributed by atoms with E-state index < -0.39 is 0 Å². The van der Waals surface area contributed by atoms with Crippen molar-refractivity contribution in [2.24, 2.45) is 14.1 Å². The fourth-order valence-electron chi connectivity index (χ4n) is 1.94. The molecule has 2 rings (SSSR count). The zero-order valence-corrected chi connectivity index (χ0v) is 11.0. The monoisotopic (exact) mass is 254 g/mol. The minimum atomic E-state index is -0.366. The molecular formula is C10H14N4O2S. The molecule has 0 radical (unpaired) electrons. The summed E-state index contributed by atoms with van der Waals surface area (Å²) >= 11 is 5.18. The number of aromatic amines is 1. The minimum absolute atomic E-state index is 0.0569. The van der Waals surface area contributed by atoms with Crippen LogP contribution in [0.5, 0.6) is 0 Å². The topological polar surface area (TPSA) is 64.7 Å². The zero-order valence-electron chi connectivity index (χ0n) is 10.1. The van der Waals surface area contributed by atoms with Crippen LogP contribution >= 0.6 is 12.2 Å². The van der Waals surface area contributed by atoms with Gasteiger partial charge in [-0.25, -0.2) is 4.79 Å². The van der Waals surface area contributed by atoms with Crippen LogP contribution in [0.4, 0.5) is 0 Å². The lowest BCUT2D eigenvalue weighted by molar-refractivity contribution is 0.603. The first-order chi connectivity index (χ1) is 7.86. The standard InChI is InChI=1S/C10H14N4O2S/c1-5(2)14-6-7(11-9(14)17)12(3)10(16)13(4)8(6)15/h5H,1-4H3,(H,11,17). The van der Waals surface area contributed by atoms with Crippen molar-refractivity contribution in [3.05, 3.63) is 25.6 Å². The highest BCUT2D eigenvalue weighted by atomic mass is 32.1. The molecule has 0 aliphatic rings. The average Bonchev–Trinajstić information content (AvgIpc) is 2.61. The first-order valence-corrected chi connectivity index (χ1v) is 5.67. The van der Waals surface area contributed by atoms with E-state index in [1.54, 1.807) is 11.6 Å². The van der Waals surface area contributed by atoms with Crippen LogP contribution in [0.25, 0.3) is 11.2 Å². The van der Waals surface area contributed by atoms with Gasteiger partial charge in [0.15, 0.2) is 10.3 Å². The van der Waals surface area contributed by atoms with Gasteiger partial charge in [-0.05, 0) is 26.1 Å². The molecule has 2 heterocycles. The summed E-state index contributed by atoms with van der Waals surface area (Å²) in [5, 5.41) is 0. The van der Waals surface area contributed by atoms with Gasteiger partial charge in [-0.2, -0.15) is 0 Å². The number of hydrogen-bond acceptors (Lipinski definition) is 3. The molecule has 92 valence electrons. The van der Waals surface area contributed by atoms with Crippen LogP contribution in [0.1, 0.15) is 19.9 Å².